The first-order valence-corrected chi connectivity index (χ1v) is 11.7. The topological polar surface area (TPSA) is 88.9 Å². The minimum atomic E-state index is -0.247. The van der Waals surface area contributed by atoms with Crippen molar-refractivity contribution in [2.75, 3.05) is 5.75 Å². The predicted molar refractivity (Wildman–Crippen MR) is 119 cm³/mol. The Bertz CT molecular complexity index is 1280. The molecule has 1 aliphatic rings. The lowest BCUT2D eigenvalue weighted by molar-refractivity contribution is -0.130. The van der Waals surface area contributed by atoms with Gasteiger partial charge in [0.05, 0.1) is 22.6 Å². The van der Waals surface area contributed by atoms with E-state index in [0.29, 0.717) is 17.4 Å². The molecule has 1 atom stereocenters. The van der Waals surface area contributed by atoms with E-state index in [9.17, 15) is 4.79 Å². The van der Waals surface area contributed by atoms with Crippen LogP contribution in [0.2, 0.25) is 0 Å². The Morgan fingerprint density at radius 2 is 2.13 bits per heavy atom. The molecule has 0 saturated heterocycles. The number of rotatable bonds is 5. The van der Waals surface area contributed by atoms with Crippen molar-refractivity contribution in [3.05, 3.63) is 63.5 Å². The van der Waals surface area contributed by atoms with Crippen molar-refractivity contribution < 1.29 is 9.21 Å². The summed E-state index contributed by atoms with van der Waals surface area (Å²) in [6.07, 6.45) is 2.24. The van der Waals surface area contributed by atoms with Gasteiger partial charge in [-0.25, -0.2) is 14.5 Å². The standard InChI is InChI=1S/C21H20N6O2S2/c1-12-13(2)22-20-23-21(25-26(20)14(12)3)31-11-19(28)27-16(17-6-4-8-29-17)10-15(24-27)18-7-5-9-30-18/h4-9,16H,10-11H2,1-3H3/t16-/m0/s1. The molecule has 31 heavy (non-hydrogen) atoms. The van der Waals surface area contributed by atoms with Crippen LogP contribution in [0.4, 0.5) is 0 Å². The molecule has 4 aromatic rings. The van der Waals surface area contributed by atoms with Crippen molar-refractivity contribution >= 4 is 40.5 Å². The van der Waals surface area contributed by atoms with Crippen LogP contribution in [0, 0.1) is 20.8 Å². The van der Waals surface area contributed by atoms with Crippen molar-refractivity contribution in [3.63, 3.8) is 0 Å². The van der Waals surface area contributed by atoms with E-state index in [2.05, 4.69) is 20.2 Å². The van der Waals surface area contributed by atoms with Gasteiger partial charge in [0.15, 0.2) is 0 Å². The summed E-state index contributed by atoms with van der Waals surface area (Å²) in [4.78, 5) is 23.1. The number of nitrogens with zero attached hydrogens (tertiary/aromatic N) is 6. The lowest BCUT2D eigenvalue weighted by atomic mass is 10.1. The average molecular weight is 453 g/mol. The van der Waals surface area contributed by atoms with Crippen LogP contribution in [-0.2, 0) is 4.79 Å². The van der Waals surface area contributed by atoms with Crippen molar-refractivity contribution in [1.82, 2.24) is 24.6 Å². The summed E-state index contributed by atoms with van der Waals surface area (Å²) in [5, 5.41) is 13.2. The fraction of sp³-hybridized carbons (Fsp3) is 0.286. The zero-order valence-electron chi connectivity index (χ0n) is 17.3. The Morgan fingerprint density at radius 3 is 2.87 bits per heavy atom. The van der Waals surface area contributed by atoms with Gasteiger partial charge >= 0.3 is 0 Å². The zero-order valence-corrected chi connectivity index (χ0v) is 18.9. The lowest BCUT2D eigenvalue weighted by Gasteiger charge is -2.19. The molecule has 158 valence electrons. The van der Waals surface area contributed by atoms with Gasteiger partial charge in [-0.15, -0.1) is 16.4 Å². The van der Waals surface area contributed by atoms with E-state index in [1.165, 1.54) is 16.8 Å². The number of hydrogen-bond acceptors (Lipinski definition) is 8. The minimum absolute atomic E-state index is 0.117. The number of thiophene rings is 1. The summed E-state index contributed by atoms with van der Waals surface area (Å²) in [7, 11) is 0. The lowest BCUT2D eigenvalue weighted by Crippen LogP contribution is -2.28. The maximum atomic E-state index is 13.1. The van der Waals surface area contributed by atoms with Crippen LogP contribution in [-0.4, -0.2) is 42.0 Å². The third-order valence-electron chi connectivity index (χ3n) is 5.41. The molecule has 0 fully saturated rings. The van der Waals surface area contributed by atoms with E-state index >= 15 is 0 Å². The van der Waals surface area contributed by atoms with Crippen LogP contribution in [0.15, 0.2) is 50.6 Å². The summed E-state index contributed by atoms with van der Waals surface area (Å²) in [6, 6.07) is 7.47. The first kappa shape index (κ1) is 20.0. The first-order chi connectivity index (χ1) is 15.0. The highest BCUT2D eigenvalue weighted by atomic mass is 32.2. The molecule has 1 aliphatic heterocycles. The highest BCUT2D eigenvalue weighted by Crippen LogP contribution is 2.34. The Kier molecular flexibility index (Phi) is 5.11. The number of thioether (sulfide) groups is 1. The molecule has 0 aromatic carbocycles. The molecule has 0 bridgehead atoms. The van der Waals surface area contributed by atoms with Crippen molar-refractivity contribution in [2.24, 2.45) is 5.10 Å². The molecule has 10 heteroatoms. The molecule has 0 spiro atoms. The summed E-state index contributed by atoms with van der Waals surface area (Å²) < 4.78 is 7.32. The molecule has 5 rings (SSSR count). The average Bonchev–Trinajstić information content (AvgIpc) is 3.54. The van der Waals surface area contributed by atoms with Crippen LogP contribution >= 0.6 is 23.1 Å². The van der Waals surface area contributed by atoms with Gasteiger partial charge in [0.2, 0.25) is 5.16 Å². The molecular formula is C21H20N6O2S2. The number of carbonyl (C=O) groups is 1. The zero-order chi connectivity index (χ0) is 21.5. The number of carbonyl (C=O) groups excluding carboxylic acids is 1. The van der Waals surface area contributed by atoms with E-state index in [0.717, 1.165) is 33.3 Å². The Morgan fingerprint density at radius 1 is 1.26 bits per heavy atom. The monoisotopic (exact) mass is 452 g/mol. The third kappa shape index (κ3) is 3.66. The number of fused-ring (bicyclic) bond motifs is 1. The maximum absolute atomic E-state index is 13.1. The van der Waals surface area contributed by atoms with E-state index in [1.807, 2.05) is 50.4 Å². The van der Waals surface area contributed by atoms with Gasteiger partial charge in [-0.1, -0.05) is 17.8 Å². The summed E-state index contributed by atoms with van der Waals surface area (Å²) in [6.45, 7) is 5.96. The maximum Gasteiger partial charge on any atom is 0.253 e. The summed E-state index contributed by atoms with van der Waals surface area (Å²) in [5.74, 6) is 1.33. The van der Waals surface area contributed by atoms with Crippen LogP contribution in [0.25, 0.3) is 5.78 Å². The van der Waals surface area contributed by atoms with Crippen molar-refractivity contribution in [3.8, 4) is 0 Å². The molecule has 1 amide bonds. The second kappa shape index (κ2) is 7.93. The van der Waals surface area contributed by atoms with Gasteiger partial charge < -0.3 is 4.42 Å². The number of hydrogen-bond donors (Lipinski definition) is 0. The van der Waals surface area contributed by atoms with Crippen molar-refractivity contribution in [2.45, 2.75) is 38.4 Å². The second-order valence-electron chi connectivity index (χ2n) is 7.30. The number of furan rings is 1. The highest BCUT2D eigenvalue weighted by molar-refractivity contribution is 7.99. The van der Waals surface area contributed by atoms with E-state index < -0.39 is 0 Å². The number of aryl methyl sites for hydroxylation is 2. The summed E-state index contributed by atoms with van der Waals surface area (Å²) in [5.41, 5.74) is 3.90. The van der Waals surface area contributed by atoms with Gasteiger partial charge in [0, 0.05) is 17.8 Å². The Labute approximate surface area is 187 Å². The number of aromatic nitrogens is 4. The smallest absolute Gasteiger partial charge is 0.253 e. The van der Waals surface area contributed by atoms with Gasteiger partial charge in [-0.2, -0.15) is 10.1 Å². The van der Waals surface area contributed by atoms with Gasteiger partial charge in [0.25, 0.3) is 11.7 Å². The SMILES string of the molecule is Cc1nc2nc(SCC(=O)N3N=C(c4cccs4)C[C@H]3c3ccco3)nn2c(C)c1C. The molecule has 0 saturated carbocycles. The second-order valence-corrected chi connectivity index (χ2v) is 9.19. The van der Waals surface area contributed by atoms with E-state index in [4.69, 9.17) is 4.42 Å². The molecule has 0 N–H and O–H groups in total. The minimum Gasteiger partial charge on any atom is -0.467 e. The van der Waals surface area contributed by atoms with Gasteiger partial charge in [-0.3, -0.25) is 4.79 Å². The molecular weight excluding hydrogens is 432 g/mol. The molecule has 0 unspecified atom stereocenters. The van der Waals surface area contributed by atoms with Crippen molar-refractivity contribution in [1.29, 1.82) is 0 Å². The fourth-order valence-corrected chi connectivity index (χ4v) is 4.92. The van der Waals surface area contributed by atoms with Gasteiger partial charge in [0.1, 0.15) is 11.8 Å². The summed E-state index contributed by atoms with van der Waals surface area (Å²) >= 11 is 2.90. The van der Waals surface area contributed by atoms with E-state index in [-0.39, 0.29) is 17.7 Å². The van der Waals surface area contributed by atoms with Crippen LogP contribution < -0.4 is 0 Å². The number of hydrazone groups is 1. The quantitative estimate of drug-likeness (QED) is 0.422. The third-order valence-corrected chi connectivity index (χ3v) is 7.15. The molecule has 0 radical (unpaired) electrons. The molecule has 5 heterocycles. The van der Waals surface area contributed by atoms with E-state index in [1.54, 1.807) is 22.1 Å². The predicted octanol–water partition coefficient (Wildman–Crippen LogP) is 4.17. The molecule has 8 nitrogen and oxygen atoms in total. The highest BCUT2D eigenvalue weighted by Gasteiger charge is 2.35. The van der Waals surface area contributed by atoms with Crippen LogP contribution in [0.5, 0.6) is 0 Å². The van der Waals surface area contributed by atoms with Crippen LogP contribution in [0.1, 0.15) is 40.1 Å². The normalized spacial score (nSPS) is 16.3. The van der Waals surface area contributed by atoms with Gasteiger partial charge in [-0.05, 0) is 49.9 Å². The first-order valence-electron chi connectivity index (χ1n) is 9.81. The number of amides is 1. The van der Waals surface area contributed by atoms with Crippen LogP contribution in [0.3, 0.4) is 0 Å². The molecule has 0 aliphatic carbocycles. The fourth-order valence-electron chi connectivity index (χ4n) is 3.53. The molecule has 4 aromatic heterocycles. The largest absolute Gasteiger partial charge is 0.467 e. The Hall–Kier alpha value is -2.98. The Balaban J connectivity index is 1.37.